The zero-order valence-corrected chi connectivity index (χ0v) is 36.9. The van der Waals surface area contributed by atoms with Gasteiger partial charge in [0.1, 0.15) is 17.3 Å². The van der Waals surface area contributed by atoms with Crippen molar-refractivity contribution in [2.45, 2.75) is 70.4 Å². The van der Waals surface area contributed by atoms with Crippen molar-refractivity contribution in [2.24, 2.45) is 5.92 Å². The summed E-state index contributed by atoms with van der Waals surface area (Å²) in [5.74, 6) is -3.30. The summed E-state index contributed by atoms with van der Waals surface area (Å²) in [6.07, 6.45) is 2.56. The molecule has 0 aliphatic carbocycles. The first-order chi connectivity index (χ1) is 31.3. The molecule has 0 bridgehead atoms. The molecule has 19 nitrogen and oxygen atoms in total. The van der Waals surface area contributed by atoms with Crippen molar-refractivity contribution < 1.29 is 43.0 Å². The van der Waals surface area contributed by atoms with Crippen LogP contribution in [-0.4, -0.2) is 125 Å². The van der Waals surface area contributed by atoms with Gasteiger partial charge in [0.05, 0.1) is 33.5 Å². The number of methoxy groups -OCH3 is 2. The number of ether oxygens (including phenoxy) is 2. The molecule has 3 aliphatic rings. The molecule has 342 valence electrons. The Morgan fingerprint density at radius 3 is 2.45 bits per heavy atom. The molecule has 5 N–H and O–H groups in total. The minimum Gasteiger partial charge on any atom is -0.493 e. The Morgan fingerprint density at radius 2 is 1.69 bits per heavy atom. The maximum absolute atomic E-state index is 13.6. The van der Waals surface area contributed by atoms with Crippen molar-refractivity contribution in [1.29, 1.82) is 0 Å². The summed E-state index contributed by atoms with van der Waals surface area (Å²) in [5.41, 5.74) is 4.24. The molecule has 65 heavy (non-hydrogen) atoms. The van der Waals surface area contributed by atoms with Crippen LogP contribution in [0.25, 0.3) is 11.3 Å². The number of likely N-dealkylation sites (N-methyl/N-ethyl adjacent to an activating group) is 1. The fraction of sp³-hybridized carbons (Fsp3) is 0.413. The van der Waals surface area contributed by atoms with Crippen molar-refractivity contribution in [2.75, 3.05) is 47.4 Å². The van der Waals surface area contributed by atoms with Crippen molar-refractivity contribution in [3.05, 3.63) is 94.7 Å². The van der Waals surface area contributed by atoms with E-state index in [1.165, 1.54) is 19.1 Å². The number of likely N-dealkylation sites (tertiary alicyclic amines) is 1. The molecule has 0 saturated carbocycles. The largest absolute Gasteiger partial charge is 0.493 e. The molecule has 19 heteroatoms. The molecule has 7 rings (SSSR count). The maximum Gasteiger partial charge on any atom is 0.290 e. The quantitative estimate of drug-likeness (QED) is 0.0698. The van der Waals surface area contributed by atoms with Crippen molar-refractivity contribution in [1.82, 2.24) is 51.4 Å². The zero-order chi connectivity index (χ0) is 46.3. The summed E-state index contributed by atoms with van der Waals surface area (Å²) in [6, 6.07) is 17.2. The topological polar surface area (TPSA) is 235 Å². The highest BCUT2D eigenvalue weighted by Crippen LogP contribution is 2.32. The average molecular weight is 891 g/mol. The number of nitrogens with zero attached hydrogens (tertiary/aromatic N) is 5. The molecule has 2 fully saturated rings. The van der Waals surface area contributed by atoms with Crippen molar-refractivity contribution in [3.63, 3.8) is 0 Å². The van der Waals surface area contributed by atoms with Gasteiger partial charge in [-0.3, -0.25) is 33.6 Å². The molecule has 3 atom stereocenters. The van der Waals surface area contributed by atoms with Crippen LogP contribution in [0.3, 0.4) is 0 Å². The van der Waals surface area contributed by atoms with Crippen LogP contribution in [0, 0.1) is 5.92 Å². The van der Waals surface area contributed by atoms with Gasteiger partial charge in [-0.1, -0.05) is 41.6 Å². The van der Waals surface area contributed by atoms with Gasteiger partial charge in [-0.2, -0.15) is 0 Å². The van der Waals surface area contributed by atoms with Gasteiger partial charge in [0, 0.05) is 62.7 Å². The van der Waals surface area contributed by atoms with E-state index in [0.29, 0.717) is 67.5 Å². The number of aromatic nitrogens is 3. The zero-order valence-electron chi connectivity index (χ0n) is 36.9. The minimum atomic E-state index is -1.41. The third-order valence-corrected chi connectivity index (χ3v) is 12.3. The van der Waals surface area contributed by atoms with Crippen LogP contribution in [0.4, 0.5) is 0 Å². The van der Waals surface area contributed by atoms with Crippen LogP contribution >= 0.6 is 0 Å². The van der Waals surface area contributed by atoms with Crippen LogP contribution in [-0.2, 0) is 54.9 Å². The van der Waals surface area contributed by atoms with Gasteiger partial charge in [-0.25, -0.2) is 4.68 Å². The smallest absolute Gasteiger partial charge is 0.290 e. The Labute approximate surface area is 375 Å². The fourth-order valence-electron chi connectivity index (χ4n) is 8.60. The lowest BCUT2D eigenvalue weighted by Crippen LogP contribution is -2.57. The Kier molecular flexibility index (Phi) is 14.2. The highest BCUT2D eigenvalue weighted by molar-refractivity contribution is 6.39. The molecule has 4 aromatic rings. The Balaban J connectivity index is 0.873. The van der Waals surface area contributed by atoms with E-state index in [2.05, 4.69) is 36.9 Å². The van der Waals surface area contributed by atoms with E-state index in [0.717, 1.165) is 22.3 Å². The number of amides is 6. The second kappa shape index (κ2) is 20.1. The van der Waals surface area contributed by atoms with Gasteiger partial charge < -0.3 is 45.9 Å². The SMILES string of the molecule is CNCCNC(=O)c1ccc(-c2cn(Cc3cccc4c3CN(C(=O)C[C@@H]3CC(C(=O)NCC(=O)N5CCC[C@@]5(C)C(=O)C(=O)NCc5ccc(OC)c(OC)c5)NC3=O)C4)nn2)cc1. The predicted molar refractivity (Wildman–Crippen MR) is 235 cm³/mol. The molecule has 3 aromatic carbocycles. The van der Waals surface area contributed by atoms with Gasteiger partial charge >= 0.3 is 0 Å². The summed E-state index contributed by atoms with van der Waals surface area (Å²) in [7, 11) is 4.82. The average Bonchev–Trinajstić information content (AvgIpc) is 4.14. The number of hydrogen-bond donors (Lipinski definition) is 5. The molecule has 0 radical (unpaired) electrons. The summed E-state index contributed by atoms with van der Waals surface area (Å²) >= 11 is 0. The summed E-state index contributed by atoms with van der Waals surface area (Å²) in [5, 5.41) is 22.4. The molecule has 0 spiro atoms. The molecule has 3 aliphatic heterocycles. The van der Waals surface area contributed by atoms with E-state index in [1.54, 1.807) is 46.8 Å². The number of nitrogens with one attached hydrogen (secondary N) is 5. The van der Waals surface area contributed by atoms with E-state index in [-0.39, 0.29) is 44.2 Å². The number of benzene rings is 3. The Bertz CT molecular complexity index is 2470. The lowest BCUT2D eigenvalue weighted by molar-refractivity contribution is -0.149. The van der Waals surface area contributed by atoms with E-state index < -0.39 is 53.5 Å². The van der Waals surface area contributed by atoms with Crippen molar-refractivity contribution in [3.8, 4) is 22.8 Å². The molecule has 2 saturated heterocycles. The highest BCUT2D eigenvalue weighted by Gasteiger charge is 2.48. The fourth-order valence-corrected chi connectivity index (χ4v) is 8.60. The van der Waals surface area contributed by atoms with Crippen LogP contribution in [0.1, 0.15) is 65.2 Å². The Morgan fingerprint density at radius 1 is 0.908 bits per heavy atom. The molecule has 4 heterocycles. The third-order valence-electron chi connectivity index (χ3n) is 12.3. The minimum absolute atomic E-state index is 0.0454. The van der Waals surface area contributed by atoms with E-state index in [4.69, 9.17) is 9.47 Å². The van der Waals surface area contributed by atoms with E-state index in [9.17, 15) is 33.6 Å². The standard InChI is InChI=1S/C46H54N10O9/c1-46(41(59)45(63)49-22-28-9-14-37(64-3)38(19-28)65-4)15-6-18-56(46)40(58)23-50-44(62)35-20-33(43(61)51-35)21-39(57)54-24-31-7-5-8-32(34(31)26-54)25-55-27-36(52-53-55)29-10-12-30(13-11-29)42(60)48-17-16-47-2/h5,7-14,19,27,33,35,47H,6,15-18,20-26H2,1-4H3,(H,48,60)(H,49,63)(H,50,62)(H,51,61)/t33-,35?,46-/m0/s1. The molecule has 1 aromatic heterocycles. The Hall–Kier alpha value is -7.15. The van der Waals surface area contributed by atoms with Crippen LogP contribution in [0.2, 0.25) is 0 Å². The van der Waals surface area contributed by atoms with Crippen LogP contribution in [0.15, 0.2) is 66.9 Å². The van der Waals surface area contributed by atoms with Gasteiger partial charge in [-0.05, 0) is 79.8 Å². The second-order valence-corrected chi connectivity index (χ2v) is 16.6. The van der Waals surface area contributed by atoms with E-state index >= 15 is 0 Å². The number of rotatable bonds is 18. The molecule has 1 unspecified atom stereocenters. The second-order valence-electron chi connectivity index (χ2n) is 16.6. The van der Waals surface area contributed by atoms with Gasteiger partial charge in [0.25, 0.3) is 11.8 Å². The first kappa shape index (κ1) is 45.9. The van der Waals surface area contributed by atoms with Crippen LogP contribution in [0.5, 0.6) is 11.5 Å². The molecule has 6 amide bonds. The number of carbonyl (C=O) groups excluding carboxylic acids is 7. The summed E-state index contributed by atoms with van der Waals surface area (Å²) < 4.78 is 12.3. The summed E-state index contributed by atoms with van der Waals surface area (Å²) in [4.78, 5) is 95.2. The molecular formula is C46H54N10O9. The van der Waals surface area contributed by atoms with Gasteiger partial charge in [0.15, 0.2) is 11.5 Å². The normalized spacial score (nSPS) is 18.7. The third kappa shape index (κ3) is 10.3. The number of Topliss-reactive ketones (excluding diaryl/α,β-unsaturated/α-hetero) is 1. The number of ketones is 1. The first-order valence-electron chi connectivity index (χ1n) is 21.5. The summed E-state index contributed by atoms with van der Waals surface area (Å²) in [6.45, 7) is 3.70. The van der Waals surface area contributed by atoms with Gasteiger partial charge in [-0.15, -0.1) is 5.10 Å². The lowest BCUT2D eigenvalue weighted by Gasteiger charge is -2.33. The number of hydrogen-bond acceptors (Lipinski definition) is 12. The van der Waals surface area contributed by atoms with Crippen LogP contribution < -0.4 is 36.1 Å². The monoisotopic (exact) mass is 890 g/mol. The maximum atomic E-state index is 13.6. The number of carbonyl (C=O) groups is 7. The van der Waals surface area contributed by atoms with Crippen molar-refractivity contribution >= 4 is 41.2 Å². The van der Waals surface area contributed by atoms with Gasteiger partial charge in [0.2, 0.25) is 29.4 Å². The van der Waals surface area contributed by atoms with E-state index in [1.807, 2.05) is 43.6 Å². The first-order valence-corrected chi connectivity index (χ1v) is 21.5. The lowest BCUT2D eigenvalue weighted by atomic mass is 9.92. The number of fused-ring (bicyclic) bond motifs is 1. The predicted octanol–water partition coefficient (Wildman–Crippen LogP) is 1.08. The highest BCUT2D eigenvalue weighted by atomic mass is 16.5. The molecular weight excluding hydrogens is 837 g/mol.